The summed E-state index contributed by atoms with van der Waals surface area (Å²) >= 11 is 0. The van der Waals surface area contributed by atoms with E-state index in [9.17, 15) is 15.0 Å². The zero-order valence-corrected chi connectivity index (χ0v) is 22.3. The number of fused-ring (bicyclic) bond motifs is 4. The number of ether oxygens (including phenoxy) is 2. The van der Waals surface area contributed by atoms with Crippen molar-refractivity contribution in [3.63, 3.8) is 0 Å². The van der Waals surface area contributed by atoms with Crippen molar-refractivity contribution in [2.24, 2.45) is 22.7 Å². The average molecular weight is 495 g/mol. The summed E-state index contributed by atoms with van der Waals surface area (Å²) in [7, 11) is 0. The van der Waals surface area contributed by atoms with Crippen LogP contribution >= 0.6 is 0 Å². The molecule has 5 unspecified atom stereocenters. The minimum atomic E-state index is -0.930. The van der Waals surface area contributed by atoms with Gasteiger partial charge in [0.15, 0.2) is 5.79 Å². The number of carbonyl (C=O) groups excluding carboxylic acids is 1. The summed E-state index contributed by atoms with van der Waals surface area (Å²) < 4.78 is 12.7. The van der Waals surface area contributed by atoms with Gasteiger partial charge in [0.05, 0.1) is 24.4 Å². The van der Waals surface area contributed by atoms with Gasteiger partial charge in [-0.2, -0.15) is 0 Å². The summed E-state index contributed by atoms with van der Waals surface area (Å²) in [6, 6.07) is 7.97. The van der Waals surface area contributed by atoms with Crippen molar-refractivity contribution >= 4 is 6.29 Å². The maximum Gasteiger partial charge on any atom is 0.171 e. The third kappa shape index (κ3) is 3.60. The lowest BCUT2D eigenvalue weighted by Gasteiger charge is -2.58. The van der Waals surface area contributed by atoms with E-state index in [1.54, 1.807) is 0 Å². The van der Waals surface area contributed by atoms with Crippen molar-refractivity contribution in [2.75, 3.05) is 13.2 Å². The number of hydrogen-bond donors (Lipinski definition) is 2. The van der Waals surface area contributed by atoms with E-state index in [1.165, 1.54) is 11.1 Å². The van der Waals surface area contributed by atoms with Gasteiger partial charge >= 0.3 is 0 Å². The fraction of sp³-hybridized carbons (Fsp3) is 0.710. The minimum absolute atomic E-state index is 0.00773. The summed E-state index contributed by atoms with van der Waals surface area (Å²) in [5.41, 5.74) is 2.54. The zero-order chi connectivity index (χ0) is 25.6. The summed E-state index contributed by atoms with van der Waals surface area (Å²) in [5.74, 6) is 0.139. The molecule has 0 aromatic heterocycles. The maximum absolute atomic E-state index is 12.2. The Labute approximate surface area is 215 Å². The molecule has 3 saturated carbocycles. The first-order chi connectivity index (χ1) is 16.9. The standard InChI is InChI=1S/C31H42O5/c1-27(2)18-35-31(36-19-27)13-10-25-26-22(8-12-30(25,34)17-31)24-9-11-29(4,33)28(24,3)15-23(26)21-7-5-6-20(14-21)16-32/h5-7,14,16,22-24,33-34H,8-13,15,17-19H2,1-4H3/t22?,23?,24?,28?,29-,30?/m0/s1. The molecule has 0 bridgehead atoms. The van der Waals surface area contributed by atoms with Crippen LogP contribution in [-0.4, -0.2) is 46.7 Å². The Kier molecular flexibility index (Phi) is 5.50. The molecule has 0 amide bonds. The van der Waals surface area contributed by atoms with E-state index in [-0.39, 0.29) is 16.7 Å². The molecule has 196 valence electrons. The van der Waals surface area contributed by atoms with Crippen molar-refractivity contribution in [1.29, 1.82) is 0 Å². The molecule has 1 spiro atoms. The second-order valence-electron chi connectivity index (χ2n) is 13.8. The van der Waals surface area contributed by atoms with Crippen LogP contribution in [0.5, 0.6) is 0 Å². The number of hydrogen-bond acceptors (Lipinski definition) is 5. The quantitative estimate of drug-likeness (QED) is 0.417. The smallest absolute Gasteiger partial charge is 0.171 e. The van der Waals surface area contributed by atoms with Gasteiger partial charge in [-0.1, -0.05) is 44.5 Å². The highest BCUT2D eigenvalue weighted by molar-refractivity contribution is 5.75. The third-order valence-electron chi connectivity index (χ3n) is 10.9. The highest BCUT2D eigenvalue weighted by atomic mass is 16.7. The maximum atomic E-state index is 12.2. The summed E-state index contributed by atoms with van der Waals surface area (Å²) in [6.45, 7) is 9.91. The zero-order valence-electron chi connectivity index (χ0n) is 22.3. The van der Waals surface area contributed by atoms with Crippen molar-refractivity contribution < 1.29 is 24.5 Å². The Morgan fingerprint density at radius 2 is 1.75 bits per heavy atom. The lowest BCUT2D eigenvalue weighted by atomic mass is 9.50. The summed E-state index contributed by atoms with van der Waals surface area (Å²) in [4.78, 5) is 11.6. The van der Waals surface area contributed by atoms with Crippen LogP contribution in [0, 0.1) is 22.7 Å². The SMILES string of the molecule is CC1(C)COC2(CCC3=C4C(c5cccc(C=O)c5)CC5(C)C(CC[C@]5(C)O)C4CCC3(O)C2)OC1. The van der Waals surface area contributed by atoms with E-state index in [2.05, 4.69) is 26.8 Å². The molecule has 1 heterocycles. The van der Waals surface area contributed by atoms with E-state index in [4.69, 9.17) is 9.47 Å². The molecule has 1 aliphatic heterocycles. The van der Waals surface area contributed by atoms with Crippen LogP contribution in [0.25, 0.3) is 0 Å². The van der Waals surface area contributed by atoms with Crippen molar-refractivity contribution in [3.8, 4) is 0 Å². The van der Waals surface area contributed by atoms with Gasteiger partial charge in [0.1, 0.15) is 6.29 Å². The average Bonchev–Trinajstić information content (AvgIpc) is 3.08. The van der Waals surface area contributed by atoms with Crippen LogP contribution in [0.15, 0.2) is 35.4 Å². The lowest BCUT2D eigenvalue weighted by Crippen LogP contribution is -2.58. The predicted molar refractivity (Wildman–Crippen MR) is 138 cm³/mol. The molecule has 0 radical (unpaired) electrons. The molecule has 4 aliphatic carbocycles. The molecular weight excluding hydrogens is 452 g/mol. The van der Waals surface area contributed by atoms with Crippen molar-refractivity contribution in [1.82, 2.24) is 0 Å². The van der Waals surface area contributed by atoms with Crippen LogP contribution in [0.4, 0.5) is 0 Å². The van der Waals surface area contributed by atoms with Crippen molar-refractivity contribution in [3.05, 3.63) is 46.5 Å². The van der Waals surface area contributed by atoms with Crippen LogP contribution in [-0.2, 0) is 9.47 Å². The number of allylic oxidation sites excluding steroid dienone is 1. The molecule has 36 heavy (non-hydrogen) atoms. The van der Waals surface area contributed by atoms with Crippen molar-refractivity contribution in [2.45, 2.75) is 102 Å². The van der Waals surface area contributed by atoms with E-state index in [0.717, 1.165) is 50.4 Å². The van der Waals surface area contributed by atoms with Gasteiger partial charge in [-0.15, -0.1) is 0 Å². The van der Waals surface area contributed by atoms with E-state index >= 15 is 0 Å². The predicted octanol–water partition coefficient (Wildman–Crippen LogP) is 5.54. The second-order valence-corrected chi connectivity index (χ2v) is 13.8. The number of carbonyl (C=O) groups is 1. The van der Waals surface area contributed by atoms with Crippen LogP contribution < -0.4 is 0 Å². The molecule has 6 atom stereocenters. The minimum Gasteiger partial charge on any atom is -0.390 e. The first kappa shape index (κ1) is 24.8. The fourth-order valence-electron chi connectivity index (χ4n) is 8.62. The molecule has 6 rings (SSSR count). The first-order valence-corrected chi connectivity index (χ1v) is 13.9. The summed E-state index contributed by atoms with van der Waals surface area (Å²) in [5, 5.41) is 23.8. The van der Waals surface area contributed by atoms with E-state index < -0.39 is 17.0 Å². The van der Waals surface area contributed by atoms with E-state index in [0.29, 0.717) is 43.5 Å². The highest BCUT2D eigenvalue weighted by Crippen LogP contribution is 2.67. The van der Waals surface area contributed by atoms with Gasteiger partial charge in [-0.3, -0.25) is 4.79 Å². The highest BCUT2D eigenvalue weighted by Gasteiger charge is 2.63. The van der Waals surface area contributed by atoms with Gasteiger partial charge < -0.3 is 19.7 Å². The third-order valence-corrected chi connectivity index (χ3v) is 10.9. The fourth-order valence-corrected chi connectivity index (χ4v) is 8.62. The number of aldehydes is 1. The molecule has 1 aromatic rings. The molecule has 4 fully saturated rings. The van der Waals surface area contributed by atoms with Crippen LogP contribution in [0.2, 0.25) is 0 Å². The van der Waals surface area contributed by atoms with Gasteiger partial charge in [-0.05, 0) is 74.5 Å². The number of aliphatic hydroxyl groups is 2. The monoisotopic (exact) mass is 494 g/mol. The van der Waals surface area contributed by atoms with Gasteiger partial charge in [0, 0.05) is 35.2 Å². The largest absolute Gasteiger partial charge is 0.390 e. The molecule has 2 N–H and O–H groups in total. The molecule has 1 saturated heterocycles. The first-order valence-electron chi connectivity index (χ1n) is 13.9. The van der Waals surface area contributed by atoms with Gasteiger partial charge in [0.25, 0.3) is 0 Å². The Bertz CT molecular complexity index is 1090. The lowest BCUT2D eigenvalue weighted by molar-refractivity contribution is -0.322. The Morgan fingerprint density at radius 1 is 1.00 bits per heavy atom. The molecular formula is C31H42O5. The van der Waals surface area contributed by atoms with Gasteiger partial charge in [0.2, 0.25) is 0 Å². The normalized spacial score (nSPS) is 43.0. The molecule has 5 aliphatic rings. The van der Waals surface area contributed by atoms with E-state index in [1.807, 2.05) is 25.1 Å². The second kappa shape index (κ2) is 7.99. The Morgan fingerprint density at radius 3 is 2.47 bits per heavy atom. The Hall–Kier alpha value is -1.53. The number of benzene rings is 1. The van der Waals surface area contributed by atoms with Gasteiger partial charge in [-0.25, -0.2) is 0 Å². The molecule has 1 aromatic carbocycles. The molecule has 5 heteroatoms. The summed E-state index contributed by atoms with van der Waals surface area (Å²) in [6.07, 6.45) is 7.24. The molecule has 5 nitrogen and oxygen atoms in total. The van der Waals surface area contributed by atoms with Crippen LogP contribution in [0.3, 0.4) is 0 Å². The topological polar surface area (TPSA) is 76.0 Å². The number of rotatable bonds is 2. The Balaban J connectivity index is 1.44. The van der Waals surface area contributed by atoms with Crippen LogP contribution in [0.1, 0.15) is 101 Å².